The molecule has 0 bridgehead atoms. The van der Waals surface area contributed by atoms with Gasteiger partial charge >= 0.3 is 0 Å². The quantitative estimate of drug-likeness (QED) is 0.863. The first-order chi connectivity index (χ1) is 11.1. The van der Waals surface area contributed by atoms with Crippen LogP contribution in [0.1, 0.15) is 10.4 Å². The zero-order chi connectivity index (χ0) is 16.4. The van der Waals surface area contributed by atoms with Crippen LogP contribution in [0.5, 0.6) is 0 Å². The highest BCUT2D eigenvalue weighted by Crippen LogP contribution is 2.25. The molecule has 23 heavy (non-hydrogen) atoms. The van der Waals surface area contributed by atoms with Crippen LogP contribution in [-0.4, -0.2) is 67.2 Å². The first kappa shape index (κ1) is 15.8. The number of nitrogens with zero attached hydrogens (tertiary/aromatic N) is 3. The van der Waals surface area contributed by atoms with Gasteiger partial charge in [0.05, 0.1) is 17.7 Å². The first-order valence-corrected chi connectivity index (χ1v) is 7.95. The number of ether oxygens (including phenoxy) is 1. The number of rotatable bonds is 4. The predicted octanol–water partition coefficient (Wildman–Crippen LogP) is 1.26. The Bertz CT molecular complexity index is 702. The van der Waals surface area contributed by atoms with Crippen LogP contribution >= 0.6 is 0 Å². The molecule has 1 fully saturated rings. The van der Waals surface area contributed by atoms with Gasteiger partial charge in [0.1, 0.15) is 0 Å². The Morgan fingerprint density at radius 3 is 2.70 bits per heavy atom. The van der Waals surface area contributed by atoms with Crippen LogP contribution in [0, 0.1) is 0 Å². The highest BCUT2D eigenvalue weighted by molar-refractivity contribution is 6.07. The molecule has 0 atom stereocenters. The van der Waals surface area contributed by atoms with Crippen LogP contribution in [-0.2, 0) is 11.3 Å². The number of amides is 1. The van der Waals surface area contributed by atoms with Crippen molar-refractivity contribution in [2.45, 2.75) is 6.54 Å². The summed E-state index contributed by atoms with van der Waals surface area (Å²) in [4.78, 5) is 17.1. The van der Waals surface area contributed by atoms with Crippen LogP contribution in [0.4, 0.5) is 5.69 Å². The molecule has 6 heteroatoms. The number of anilines is 1. The predicted molar refractivity (Wildman–Crippen MR) is 91.6 cm³/mol. The molecule has 1 aliphatic heterocycles. The molecular weight excluding hydrogens is 292 g/mol. The van der Waals surface area contributed by atoms with E-state index in [1.165, 1.54) is 0 Å². The van der Waals surface area contributed by atoms with Gasteiger partial charge in [0.25, 0.3) is 5.91 Å². The second-order valence-electron chi connectivity index (χ2n) is 6.10. The van der Waals surface area contributed by atoms with E-state index in [9.17, 15) is 4.79 Å². The minimum atomic E-state index is 0.101. The maximum atomic E-state index is 12.9. The van der Waals surface area contributed by atoms with Crippen LogP contribution in [0.25, 0.3) is 10.9 Å². The highest BCUT2D eigenvalue weighted by Gasteiger charge is 2.23. The van der Waals surface area contributed by atoms with Crippen molar-refractivity contribution in [3.05, 3.63) is 30.0 Å². The van der Waals surface area contributed by atoms with Gasteiger partial charge in [-0.05, 0) is 25.2 Å². The van der Waals surface area contributed by atoms with Gasteiger partial charge in [-0.15, -0.1) is 0 Å². The fourth-order valence-corrected chi connectivity index (χ4v) is 3.03. The molecule has 1 aromatic heterocycles. The summed E-state index contributed by atoms with van der Waals surface area (Å²) in [6.07, 6.45) is 1.93. The molecule has 0 unspecified atom stereocenters. The summed E-state index contributed by atoms with van der Waals surface area (Å²) in [6.45, 7) is 4.68. The number of likely N-dealkylation sites (N-methyl/N-ethyl adjacent to an activating group) is 1. The summed E-state index contributed by atoms with van der Waals surface area (Å²) in [6, 6.07) is 5.72. The van der Waals surface area contributed by atoms with E-state index in [0.29, 0.717) is 18.8 Å². The lowest BCUT2D eigenvalue weighted by atomic mass is 10.1. The molecule has 2 N–H and O–H groups in total. The monoisotopic (exact) mass is 316 g/mol. The standard InChI is InChI=1S/C17H24N4O2/c1-19-5-7-20(8-6-19)17(22)15-12-21(9-10-23-2)16-11-13(18)3-4-14(15)16/h3-4,11-12H,5-10,18H2,1-2H3. The molecule has 2 heterocycles. The number of nitrogens with two attached hydrogens (primary N) is 1. The molecule has 2 aromatic rings. The minimum Gasteiger partial charge on any atom is -0.399 e. The highest BCUT2D eigenvalue weighted by atomic mass is 16.5. The molecule has 1 aliphatic rings. The Hall–Kier alpha value is -2.05. The van der Waals surface area contributed by atoms with Crippen molar-refractivity contribution in [1.29, 1.82) is 0 Å². The Morgan fingerprint density at radius 1 is 1.26 bits per heavy atom. The van der Waals surface area contributed by atoms with Crippen LogP contribution in [0.2, 0.25) is 0 Å². The summed E-state index contributed by atoms with van der Waals surface area (Å²) < 4.78 is 7.22. The molecule has 0 aliphatic carbocycles. The summed E-state index contributed by atoms with van der Waals surface area (Å²) in [5, 5.41) is 0.958. The maximum Gasteiger partial charge on any atom is 0.256 e. The lowest BCUT2D eigenvalue weighted by molar-refractivity contribution is 0.0665. The van der Waals surface area contributed by atoms with E-state index in [4.69, 9.17) is 10.5 Å². The van der Waals surface area contributed by atoms with E-state index in [1.54, 1.807) is 7.11 Å². The lowest BCUT2D eigenvalue weighted by Crippen LogP contribution is -2.47. The van der Waals surface area contributed by atoms with E-state index in [-0.39, 0.29) is 5.91 Å². The Balaban J connectivity index is 1.95. The molecule has 1 saturated heterocycles. The molecule has 0 spiro atoms. The normalized spacial score (nSPS) is 16.2. The number of hydrogen-bond donors (Lipinski definition) is 1. The second-order valence-corrected chi connectivity index (χ2v) is 6.10. The molecular formula is C17H24N4O2. The fourth-order valence-electron chi connectivity index (χ4n) is 3.03. The van der Waals surface area contributed by atoms with E-state index in [1.807, 2.05) is 29.3 Å². The van der Waals surface area contributed by atoms with E-state index < -0.39 is 0 Å². The van der Waals surface area contributed by atoms with Gasteiger partial charge in [-0.1, -0.05) is 0 Å². The number of methoxy groups -OCH3 is 1. The topological polar surface area (TPSA) is 63.7 Å². The third kappa shape index (κ3) is 3.18. The SMILES string of the molecule is COCCn1cc(C(=O)N2CCN(C)CC2)c2ccc(N)cc21. The number of carbonyl (C=O) groups excluding carboxylic acids is 1. The Labute approximate surface area is 136 Å². The average Bonchev–Trinajstić information content (AvgIpc) is 2.91. The first-order valence-electron chi connectivity index (χ1n) is 7.95. The fraction of sp³-hybridized carbons (Fsp3) is 0.471. The van der Waals surface area contributed by atoms with Gasteiger partial charge in [0.2, 0.25) is 0 Å². The molecule has 1 aromatic carbocycles. The Morgan fingerprint density at radius 2 is 2.00 bits per heavy atom. The van der Waals surface area contributed by atoms with E-state index >= 15 is 0 Å². The van der Waals surface area contributed by atoms with Crippen molar-refractivity contribution in [3.63, 3.8) is 0 Å². The second kappa shape index (κ2) is 6.60. The van der Waals surface area contributed by atoms with Gasteiger partial charge < -0.3 is 24.8 Å². The Kier molecular flexibility index (Phi) is 4.54. The number of aromatic nitrogens is 1. The number of nitrogen functional groups attached to an aromatic ring is 1. The third-order valence-electron chi connectivity index (χ3n) is 4.46. The zero-order valence-electron chi connectivity index (χ0n) is 13.8. The van der Waals surface area contributed by atoms with Gasteiger partial charge in [-0.3, -0.25) is 4.79 Å². The van der Waals surface area contributed by atoms with Gasteiger partial charge in [-0.25, -0.2) is 0 Å². The van der Waals surface area contributed by atoms with Crippen molar-refractivity contribution < 1.29 is 9.53 Å². The third-order valence-corrected chi connectivity index (χ3v) is 4.46. The summed E-state index contributed by atoms with van der Waals surface area (Å²) in [5.74, 6) is 0.101. The largest absolute Gasteiger partial charge is 0.399 e. The number of fused-ring (bicyclic) bond motifs is 1. The van der Waals surface area contributed by atoms with Crippen molar-refractivity contribution in [2.75, 3.05) is 52.7 Å². The minimum absolute atomic E-state index is 0.101. The zero-order valence-corrected chi connectivity index (χ0v) is 13.8. The van der Waals surface area contributed by atoms with Gasteiger partial charge in [0.15, 0.2) is 0 Å². The average molecular weight is 316 g/mol. The van der Waals surface area contributed by atoms with Crippen LogP contribution in [0.15, 0.2) is 24.4 Å². The summed E-state index contributed by atoms with van der Waals surface area (Å²) in [5.41, 5.74) is 8.36. The van der Waals surface area contributed by atoms with E-state index in [2.05, 4.69) is 16.5 Å². The lowest BCUT2D eigenvalue weighted by Gasteiger charge is -2.32. The van der Waals surface area contributed by atoms with Gasteiger partial charge in [0, 0.05) is 57.1 Å². The van der Waals surface area contributed by atoms with Gasteiger partial charge in [-0.2, -0.15) is 0 Å². The smallest absolute Gasteiger partial charge is 0.256 e. The maximum absolute atomic E-state index is 12.9. The summed E-state index contributed by atoms with van der Waals surface area (Å²) in [7, 11) is 3.76. The number of hydrogen-bond acceptors (Lipinski definition) is 4. The van der Waals surface area contributed by atoms with Crippen molar-refractivity contribution >= 4 is 22.5 Å². The molecule has 124 valence electrons. The summed E-state index contributed by atoms with van der Waals surface area (Å²) >= 11 is 0. The molecule has 6 nitrogen and oxygen atoms in total. The molecule has 3 rings (SSSR count). The van der Waals surface area contributed by atoms with E-state index in [0.717, 1.165) is 42.6 Å². The van der Waals surface area contributed by atoms with Crippen LogP contribution in [0.3, 0.4) is 0 Å². The molecule has 1 amide bonds. The van der Waals surface area contributed by atoms with Crippen LogP contribution < -0.4 is 5.73 Å². The molecule has 0 saturated carbocycles. The number of piperazine rings is 1. The molecule has 0 radical (unpaired) electrons. The van der Waals surface area contributed by atoms with Crippen molar-refractivity contribution in [1.82, 2.24) is 14.4 Å². The van der Waals surface area contributed by atoms with Crippen molar-refractivity contribution in [3.8, 4) is 0 Å². The van der Waals surface area contributed by atoms with Crippen molar-refractivity contribution in [2.24, 2.45) is 0 Å². The number of carbonyl (C=O) groups is 1. The number of benzene rings is 1.